The summed E-state index contributed by atoms with van der Waals surface area (Å²) in [5.41, 5.74) is 6.52. The minimum atomic E-state index is 0.634. The van der Waals surface area contributed by atoms with E-state index < -0.39 is 0 Å². The Balaban J connectivity index is 1.45. The summed E-state index contributed by atoms with van der Waals surface area (Å²) in [5, 5.41) is 15.8. The van der Waals surface area contributed by atoms with Crippen molar-refractivity contribution >= 4 is 5.96 Å². The summed E-state index contributed by atoms with van der Waals surface area (Å²) < 4.78 is 3.86. The Morgan fingerprint density at radius 2 is 1.55 bits per heavy atom. The van der Waals surface area contributed by atoms with Crippen molar-refractivity contribution < 1.29 is 0 Å². The zero-order chi connectivity index (χ0) is 21.6. The minimum Gasteiger partial charge on any atom is -0.352 e. The maximum atomic E-state index is 4.63. The number of para-hydroxylation sites is 2. The molecule has 0 amide bonds. The second kappa shape index (κ2) is 9.30. The van der Waals surface area contributed by atoms with Crippen LogP contribution in [-0.4, -0.2) is 32.6 Å². The molecular weight excluding hydrogens is 386 g/mol. The summed E-state index contributed by atoms with van der Waals surface area (Å²) in [5.74, 6) is 0.735. The van der Waals surface area contributed by atoms with Crippen molar-refractivity contribution in [3.63, 3.8) is 0 Å². The number of rotatable bonds is 6. The van der Waals surface area contributed by atoms with E-state index in [2.05, 4.69) is 63.1 Å². The normalized spacial score (nSPS) is 11.5. The van der Waals surface area contributed by atoms with Gasteiger partial charge in [0.2, 0.25) is 0 Å². The predicted molar refractivity (Wildman–Crippen MR) is 124 cm³/mol. The fraction of sp³-hybridized carbons (Fsp3) is 0.208. The Hall–Kier alpha value is -3.87. The van der Waals surface area contributed by atoms with Crippen LogP contribution >= 0.6 is 0 Å². The molecule has 0 radical (unpaired) electrons. The highest BCUT2D eigenvalue weighted by Crippen LogP contribution is 2.17. The van der Waals surface area contributed by atoms with Crippen LogP contribution in [0.4, 0.5) is 0 Å². The van der Waals surface area contributed by atoms with Crippen molar-refractivity contribution in [1.82, 2.24) is 30.2 Å². The van der Waals surface area contributed by atoms with Gasteiger partial charge >= 0.3 is 0 Å². The highest BCUT2D eigenvalue weighted by Gasteiger charge is 2.10. The van der Waals surface area contributed by atoms with Crippen LogP contribution in [0.2, 0.25) is 0 Å². The van der Waals surface area contributed by atoms with Crippen LogP contribution in [-0.2, 0) is 13.1 Å². The molecule has 0 saturated heterocycles. The van der Waals surface area contributed by atoms with Crippen LogP contribution in [0.5, 0.6) is 0 Å². The number of aromatic nitrogens is 4. The van der Waals surface area contributed by atoms with Crippen LogP contribution < -0.4 is 10.6 Å². The molecular formula is C24H27N7. The van der Waals surface area contributed by atoms with E-state index in [1.165, 1.54) is 0 Å². The average Bonchev–Trinajstić information content (AvgIpc) is 3.44. The van der Waals surface area contributed by atoms with E-state index >= 15 is 0 Å². The first-order valence-electron chi connectivity index (χ1n) is 10.3. The first-order chi connectivity index (χ1) is 15.2. The maximum Gasteiger partial charge on any atom is 0.191 e. The molecule has 0 aliphatic rings. The molecule has 2 aromatic heterocycles. The fourth-order valence-electron chi connectivity index (χ4n) is 3.61. The lowest BCUT2D eigenvalue weighted by Gasteiger charge is -2.16. The molecule has 0 unspecified atom stereocenters. The number of aliphatic imine (C=N–C) groups is 1. The van der Waals surface area contributed by atoms with E-state index in [0.29, 0.717) is 13.1 Å². The average molecular weight is 414 g/mol. The van der Waals surface area contributed by atoms with E-state index in [0.717, 1.165) is 39.8 Å². The molecule has 2 aromatic carbocycles. The maximum absolute atomic E-state index is 4.63. The topological polar surface area (TPSA) is 72.1 Å². The van der Waals surface area contributed by atoms with E-state index in [-0.39, 0.29) is 0 Å². The zero-order valence-corrected chi connectivity index (χ0v) is 18.1. The summed E-state index contributed by atoms with van der Waals surface area (Å²) in [7, 11) is 1.78. The first-order valence-corrected chi connectivity index (χ1v) is 10.3. The number of nitrogens with zero attached hydrogens (tertiary/aromatic N) is 5. The Morgan fingerprint density at radius 3 is 2.13 bits per heavy atom. The van der Waals surface area contributed by atoms with E-state index in [4.69, 9.17) is 0 Å². The van der Waals surface area contributed by atoms with Gasteiger partial charge in [0, 0.05) is 38.2 Å². The number of aryl methyl sites for hydroxylation is 2. The zero-order valence-electron chi connectivity index (χ0n) is 18.1. The van der Waals surface area contributed by atoms with Crippen LogP contribution in [0.15, 0.2) is 78.0 Å². The first kappa shape index (κ1) is 20.4. The van der Waals surface area contributed by atoms with Crippen molar-refractivity contribution in [2.45, 2.75) is 26.9 Å². The third-order valence-corrected chi connectivity index (χ3v) is 5.09. The Labute approximate surface area is 182 Å². The monoisotopic (exact) mass is 413 g/mol. The molecule has 2 N–H and O–H groups in total. The van der Waals surface area contributed by atoms with Crippen molar-refractivity contribution in [2.75, 3.05) is 7.05 Å². The summed E-state index contributed by atoms with van der Waals surface area (Å²) in [6.45, 7) is 5.35. The molecule has 0 atom stereocenters. The van der Waals surface area contributed by atoms with Crippen LogP contribution in [0.25, 0.3) is 11.4 Å². The second-order valence-corrected chi connectivity index (χ2v) is 7.33. The molecule has 7 heteroatoms. The molecule has 158 valence electrons. The largest absolute Gasteiger partial charge is 0.352 e. The third kappa shape index (κ3) is 4.66. The van der Waals surface area contributed by atoms with Crippen molar-refractivity contribution in [2.24, 2.45) is 4.99 Å². The fourth-order valence-corrected chi connectivity index (χ4v) is 3.61. The molecule has 0 fully saturated rings. The Morgan fingerprint density at radius 1 is 0.903 bits per heavy atom. The molecule has 7 nitrogen and oxygen atoms in total. The Bertz CT molecular complexity index is 1170. The van der Waals surface area contributed by atoms with Gasteiger partial charge in [0.25, 0.3) is 0 Å². The van der Waals surface area contributed by atoms with Gasteiger partial charge in [-0.25, -0.2) is 9.36 Å². The van der Waals surface area contributed by atoms with Gasteiger partial charge in [0.05, 0.1) is 17.1 Å². The summed E-state index contributed by atoms with van der Waals surface area (Å²) in [6.07, 6.45) is 3.73. The lowest BCUT2D eigenvalue weighted by molar-refractivity contribution is 0.775. The minimum absolute atomic E-state index is 0.634. The number of nitrogens with one attached hydrogen (secondary N) is 2. The second-order valence-electron chi connectivity index (χ2n) is 7.33. The molecule has 0 bridgehead atoms. The number of benzene rings is 2. The van der Waals surface area contributed by atoms with Gasteiger partial charge < -0.3 is 10.6 Å². The number of guanidine groups is 1. The summed E-state index contributed by atoms with van der Waals surface area (Å²) in [6, 6.07) is 20.5. The Kier molecular flexibility index (Phi) is 6.12. The van der Waals surface area contributed by atoms with Crippen LogP contribution in [0, 0.1) is 13.8 Å². The quantitative estimate of drug-likeness (QED) is 0.375. The number of hydrogen-bond donors (Lipinski definition) is 2. The highest BCUT2D eigenvalue weighted by molar-refractivity contribution is 5.79. The highest BCUT2D eigenvalue weighted by atomic mass is 15.3. The van der Waals surface area contributed by atoms with E-state index in [1.54, 1.807) is 13.2 Å². The lowest BCUT2D eigenvalue weighted by atomic mass is 10.1. The SMILES string of the molecule is CN=C(NCc1ccccc1-n1cccn1)NCc1ccccc1-n1nc(C)cc1C. The van der Waals surface area contributed by atoms with E-state index in [9.17, 15) is 0 Å². The molecule has 0 spiro atoms. The molecule has 0 aliphatic carbocycles. The van der Waals surface area contributed by atoms with Crippen LogP contribution in [0.3, 0.4) is 0 Å². The molecule has 4 rings (SSSR count). The smallest absolute Gasteiger partial charge is 0.191 e. The lowest BCUT2D eigenvalue weighted by Crippen LogP contribution is -2.36. The molecule has 4 aromatic rings. The third-order valence-electron chi connectivity index (χ3n) is 5.09. The van der Waals surface area contributed by atoms with Crippen LogP contribution in [0.1, 0.15) is 22.5 Å². The van der Waals surface area contributed by atoms with Gasteiger partial charge in [-0.3, -0.25) is 4.99 Å². The van der Waals surface area contributed by atoms with Crippen molar-refractivity contribution in [3.05, 3.63) is 95.6 Å². The molecule has 0 saturated carbocycles. The summed E-state index contributed by atoms with van der Waals surface area (Å²) in [4.78, 5) is 4.38. The molecule has 0 aliphatic heterocycles. The van der Waals surface area contributed by atoms with Crippen molar-refractivity contribution in [3.8, 4) is 11.4 Å². The van der Waals surface area contributed by atoms with Gasteiger partial charge in [-0.15, -0.1) is 0 Å². The predicted octanol–water partition coefficient (Wildman–Crippen LogP) is 3.54. The molecule has 31 heavy (non-hydrogen) atoms. The van der Waals surface area contributed by atoms with Gasteiger partial charge in [-0.1, -0.05) is 36.4 Å². The molecule has 2 heterocycles. The van der Waals surface area contributed by atoms with Gasteiger partial charge in [-0.2, -0.15) is 10.2 Å². The number of hydrogen-bond acceptors (Lipinski definition) is 3. The summed E-state index contributed by atoms with van der Waals surface area (Å²) >= 11 is 0. The standard InChI is InChI=1S/C24H27N7/c1-18-15-19(2)31(29-18)23-12-7-5-10-21(23)17-27-24(25-3)26-16-20-9-4-6-11-22(20)30-14-8-13-28-30/h4-15H,16-17H2,1-3H3,(H2,25,26,27). The van der Waals surface area contributed by atoms with Gasteiger partial charge in [0.1, 0.15) is 0 Å². The van der Waals surface area contributed by atoms with E-state index in [1.807, 2.05) is 52.8 Å². The van der Waals surface area contributed by atoms with Gasteiger partial charge in [-0.05, 0) is 49.2 Å². The van der Waals surface area contributed by atoms with Gasteiger partial charge in [0.15, 0.2) is 5.96 Å². The van der Waals surface area contributed by atoms with Crippen molar-refractivity contribution in [1.29, 1.82) is 0 Å².